The average Bonchev–Trinajstić information content (AvgIpc) is 2.44. The lowest BCUT2D eigenvalue weighted by molar-refractivity contribution is 0.0139. The Bertz CT molecular complexity index is 380. The molecule has 1 rings (SSSR count). The molecule has 2 N–H and O–H groups in total. The quantitative estimate of drug-likeness (QED) is 0.819. The molecule has 4 nitrogen and oxygen atoms in total. The van der Waals surface area contributed by atoms with Gasteiger partial charge in [-0.1, -0.05) is 13.8 Å². The molecule has 1 heterocycles. The predicted molar refractivity (Wildman–Crippen MR) is 69.9 cm³/mol. The molecule has 0 aromatic carbocycles. The number of hydrogen-bond acceptors (Lipinski definition) is 3. The molecule has 1 atom stereocenters. The van der Waals surface area contributed by atoms with E-state index in [9.17, 15) is 5.11 Å². The Morgan fingerprint density at radius 2 is 2.00 bits per heavy atom. The van der Waals surface area contributed by atoms with Crippen LogP contribution in [0.5, 0.6) is 0 Å². The van der Waals surface area contributed by atoms with Crippen molar-refractivity contribution in [2.45, 2.75) is 46.8 Å². The normalized spacial score (nSPS) is 15.3. The van der Waals surface area contributed by atoms with Gasteiger partial charge >= 0.3 is 0 Å². The summed E-state index contributed by atoms with van der Waals surface area (Å²) in [4.78, 5) is 0. The van der Waals surface area contributed by atoms with Crippen molar-refractivity contribution in [3.8, 4) is 0 Å². The number of rotatable bonds is 5. The summed E-state index contributed by atoms with van der Waals surface area (Å²) in [7, 11) is 1.95. The average molecular weight is 239 g/mol. The van der Waals surface area contributed by atoms with E-state index in [2.05, 4.69) is 17.3 Å². The second-order valence-electron chi connectivity index (χ2n) is 5.39. The standard InChI is InChI=1S/C13H25N3O/c1-9(2)13(5,17)8-14-7-12-10(3)15-16(6)11(12)4/h9,14,17H,7-8H2,1-6H3. The van der Waals surface area contributed by atoms with Gasteiger partial charge in [-0.15, -0.1) is 0 Å². The van der Waals surface area contributed by atoms with Crippen molar-refractivity contribution in [1.82, 2.24) is 15.1 Å². The summed E-state index contributed by atoms with van der Waals surface area (Å²) in [6, 6.07) is 0. The summed E-state index contributed by atoms with van der Waals surface area (Å²) in [5, 5.41) is 17.8. The van der Waals surface area contributed by atoms with E-state index >= 15 is 0 Å². The van der Waals surface area contributed by atoms with Crippen LogP contribution in [-0.4, -0.2) is 27.0 Å². The molecule has 0 saturated heterocycles. The van der Waals surface area contributed by atoms with Crippen molar-refractivity contribution in [1.29, 1.82) is 0 Å². The molecule has 1 aromatic rings. The summed E-state index contributed by atoms with van der Waals surface area (Å²) < 4.78 is 1.90. The molecule has 0 spiro atoms. The second-order valence-corrected chi connectivity index (χ2v) is 5.39. The molecule has 0 amide bonds. The third-order valence-electron chi connectivity index (χ3n) is 3.69. The number of nitrogens with zero attached hydrogens (tertiary/aromatic N) is 2. The molecule has 0 saturated carbocycles. The Kier molecular flexibility index (Phi) is 4.33. The van der Waals surface area contributed by atoms with E-state index < -0.39 is 5.60 Å². The first-order valence-electron chi connectivity index (χ1n) is 6.18. The van der Waals surface area contributed by atoms with E-state index in [1.165, 1.54) is 11.3 Å². The minimum absolute atomic E-state index is 0.242. The van der Waals surface area contributed by atoms with Gasteiger partial charge in [-0.25, -0.2) is 0 Å². The van der Waals surface area contributed by atoms with Crippen LogP contribution in [0.15, 0.2) is 0 Å². The SMILES string of the molecule is Cc1nn(C)c(C)c1CNCC(C)(O)C(C)C. The molecule has 0 fully saturated rings. The fraction of sp³-hybridized carbons (Fsp3) is 0.769. The highest BCUT2D eigenvalue weighted by Gasteiger charge is 2.24. The summed E-state index contributed by atoms with van der Waals surface area (Å²) in [6.45, 7) is 11.4. The van der Waals surface area contributed by atoms with E-state index in [1.807, 2.05) is 39.4 Å². The monoisotopic (exact) mass is 239 g/mol. The fourth-order valence-electron chi connectivity index (χ4n) is 1.72. The molecule has 0 bridgehead atoms. The van der Waals surface area contributed by atoms with Crippen molar-refractivity contribution >= 4 is 0 Å². The van der Waals surface area contributed by atoms with Gasteiger partial charge in [0.2, 0.25) is 0 Å². The molecule has 98 valence electrons. The van der Waals surface area contributed by atoms with Gasteiger partial charge in [-0.3, -0.25) is 4.68 Å². The molecular formula is C13H25N3O. The molecule has 1 aromatic heterocycles. The number of aromatic nitrogens is 2. The molecule has 0 aliphatic rings. The zero-order valence-corrected chi connectivity index (χ0v) is 11.8. The molecule has 17 heavy (non-hydrogen) atoms. The largest absolute Gasteiger partial charge is 0.389 e. The van der Waals surface area contributed by atoms with Gasteiger partial charge in [-0.05, 0) is 26.7 Å². The maximum Gasteiger partial charge on any atom is 0.0766 e. The lowest BCUT2D eigenvalue weighted by Crippen LogP contribution is -2.42. The van der Waals surface area contributed by atoms with Crippen LogP contribution in [0.2, 0.25) is 0 Å². The van der Waals surface area contributed by atoms with E-state index in [1.54, 1.807) is 0 Å². The molecular weight excluding hydrogens is 214 g/mol. The topological polar surface area (TPSA) is 50.1 Å². The smallest absolute Gasteiger partial charge is 0.0766 e. The van der Waals surface area contributed by atoms with Gasteiger partial charge in [0.15, 0.2) is 0 Å². The van der Waals surface area contributed by atoms with Gasteiger partial charge < -0.3 is 10.4 Å². The Labute approximate surface area is 104 Å². The van der Waals surface area contributed by atoms with Crippen LogP contribution >= 0.6 is 0 Å². The number of hydrogen-bond donors (Lipinski definition) is 2. The van der Waals surface area contributed by atoms with Crippen LogP contribution < -0.4 is 5.32 Å². The van der Waals surface area contributed by atoms with Gasteiger partial charge in [0, 0.05) is 31.4 Å². The Morgan fingerprint density at radius 1 is 1.41 bits per heavy atom. The van der Waals surface area contributed by atoms with Crippen LogP contribution in [0.1, 0.15) is 37.7 Å². The highest BCUT2D eigenvalue weighted by atomic mass is 16.3. The maximum atomic E-state index is 10.1. The zero-order valence-electron chi connectivity index (χ0n) is 11.8. The van der Waals surface area contributed by atoms with E-state index in [4.69, 9.17) is 0 Å². The van der Waals surface area contributed by atoms with E-state index in [0.717, 1.165) is 12.2 Å². The molecule has 1 unspecified atom stereocenters. The molecule has 4 heteroatoms. The summed E-state index contributed by atoms with van der Waals surface area (Å²) in [5.74, 6) is 0.242. The lowest BCUT2D eigenvalue weighted by Gasteiger charge is -2.28. The Balaban J connectivity index is 2.57. The van der Waals surface area contributed by atoms with Crippen LogP contribution in [-0.2, 0) is 13.6 Å². The fourth-order valence-corrected chi connectivity index (χ4v) is 1.72. The van der Waals surface area contributed by atoms with Gasteiger partial charge in [0.25, 0.3) is 0 Å². The highest BCUT2D eigenvalue weighted by molar-refractivity contribution is 5.24. The van der Waals surface area contributed by atoms with E-state index in [0.29, 0.717) is 6.54 Å². The lowest BCUT2D eigenvalue weighted by atomic mass is 9.92. The second kappa shape index (κ2) is 5.19. The number of aryl methyl sites for hydroxylation is 2. The zero-order chi connectivity index (χ0) is 13.2. The third kappa shape index (κ3) is 3.30. The summed E-state index contributed by atoms with van der Waals surface area (Å²) in [5.41, 5.74) is 2.80. The van der Waals surface area contributed by atoms with Crippen LogP contribution in [0, 0.1) is 19.8 Å². The number of nitrogens with one attached hydrogen (secondary N) is 1. The molecule has 0 aliphatic carbocycles. The van der Waals surface area contributed by atoms with Crippen LogP contribution in [0.25, 0.3) is 0 Å². The first kappa shape index (κ1) is 14.2. The van der Waals surface area contributed by atoms with Gasteiger partial charge in [0.1, 0.15) is 0 Å². The van der Waals surface area contributed by atoms with Crippen molar-refractivity contribution in [3.05, 3.63) is 17.0 Å². The summed E-state index contributed by atoms with van der Waals surface area (Å²) >= 11 is 0. The molecule has 0 aliphatic heterocycles. The van der Waals surface area contributed by atoms with Gasteiger partial charge in [-0.2, -0.15) is 5.10 Å². The first-order chi connectivity index (χ1) is 7.75. The van der Waals surface area contributed by atoms with Crippen LogP contribution in [0.4, 0.5) is 0 Å². The summed E-state index contributed by atoms with van der Waals surface area (Å²) in [6.07, 6.45) is 0. The maximum absolute atomic E-state index is 10.1. The Morgan fingerprint density at radius 3 is 2.41 bits per heavy atom. The van der Waals surface area contributed by atoms with Crippen molar-refractivity contribution in [3.63, 3.8) is 0 Å². The third-order valence-corrected chi connectivity index (χ3v) is 3.69. The van der Waals surface area contributed by atoms with Gasteiger partial charge in [0.05, 0.1) is 11.3 Å². The first-order valence-corrected chi connectivity index (χ1v) is 6.18. The van der Waals surface area contributed by atoms with Crippen molar-refractivity contribution in [2.75, 3.05) is 6.54 Å². The number of aliphatic hydroxyl groups is 1. The predicted octanol–water partition coefficient (Wildman–Crippen LogP) is 1.53. The van der Waals surface area contributed by atoms with Crippen molar-refractivity contribution in [2.24, 2.45) is 13.0 Å². The van der Waals surface area contributed by atoms with E-state index in [-0.39, 0.29) is 5.92 Å². The van der Waals surface area contributed by atoms with Crippen LogP contribution in [0.3, 0.4) is 0 Å². The Hall–Kier alpha value is -0.870. The molecule has 0 radical (unpaired) electrons. The highest BCUT2D eigenvalue weighted by Crippen LogP contribution is 2.16. The minimum atomic E-state index is -0.663. The van der Waals surface area contributed by atoms with Crippen molar-refractivity contribution < 1.29 is 5.11 Å². The minimum Gasteiger partial charge on any atom is -0.389 e.